The molecule has 0 aromatic heterocycles. The highest BCUT2D eigenvalue weighted by Crippen LogP contribution is 2.28. The van der Waals surface area contributed by atoms with Crippen molar-refractivity contribution in [2.45, 2.75) is 31.7 Å². The van der Waals surface area contributed by atoms with E-state index in [0.29, 0.717) is 17.8 Å². The van der Waals surface area contributed by atoms with E-state index in [4.69, 9.17) is 4.74 Å². The molecule has 1 saturated heterocycles. The third-order valence-corrected chi connectivity index (χ3v) is 4.77. The van der Waals surface area contributed by atoms with Crippen molar-refractivity contribution in [3.05, 3.63) is 47.2 Å². The van der Waals surface area contributed by atoms with Crippen LogP contribution in [0.2, 0.25) is 0 Å². The normalized spacial score (nSPS) is 22.0. The quantitative estimate of drug-likeness (QED) is 0.823. The third kappa shape index (κ3) is 4.20. The van der Waals surface area contributed by atoms with E-state index in [-0.39, 0.29) is 6.03 Å². The molecule has 1 aromatic rings. The number of esters is 1. The third-order valence-electron chi connectivity index (χ3n) is 4.77. The number of rotatable bonds is 4. The molecule has 0 spiro atoms. The molecule has 0 aliphatic carbocycles. The van der Waals surface area contributed by atoms with E-state index < -0.39 is 12.0 Å². The van der Waals surface area contributed by atoms with Crippen LogP contribution in [0.3, 0.4) is 0 Å². The molecule has 0 bridgehead atoms. The van der Waals surface area contributed by atoms with Gasteiger partial charge in [-0.25, -0.2) is 9.59 Å². The molecule has 0 radical (unpaired) electrons. The van der Waals surface area contributed by atoms with Gasteiger partial charge in [0.05, 0.1) is 18.7 Å². The Morgan fingerprint density at radius 1 is 1.16 bits per heavy atom. The first-order valence-electron chi connectivity index (χ1n) is 8.85. The van der Waals surface area contributed by atoms with Gasteiger partial charge in [0.1, 0.15) is 0 Å². The standard InChI is InChI=1S/C19H25N3O3/c1-25-18(23)16-15(13-22-11-7-2-3-8-12-22)20-19(24)21-17(16)14-9-5-4-6-10-14/h4-6,9-10,17H,2-3,7-8,11-13H2,1H3,(H2,20,21,24)/t17-/m1/s1. The predicted octanol–water partition coefficient (Wildman–Crippen LogP) is 2.34. The number of ether oxygens (including phenoxy) is 1. The van der Waals surface area contributed by atoms with E-state index in [0.717, 1.165) is 31.5 Å². The molecule has 25 heavy (non-hydrogen) atoms. The molecule has 0 unspecified atom stereocenters. The van der Waals surface area contributed by atoms with Gasteiger partial charge in [0.25, 0.3) is 0 Å². The van der Waals surface area contributed by atoms with Gasteiger partial charge in [-0.1, -0.05) is 43.2 Å². The number of benzene rings is 1. The Morgan fingerprint density at radius 3 is 2.48 bits per heavy atom. The zero-order valence-electron chi connectivity index (χ0n) is 14.6. The average molecular weight is 343 g/mol. The molecule has 2 amide bonds. The van der Waals surface area contributed by atoms with Gasteiger partial charge in [-0.05, 0) is 31.5 Å². The smallest absolute Gasteiger partial charge is 0.338 e. The molecular weight excluding hydrogens is 318 g/mol. The second-order valence-electron chi connectivity index (χ2n) is 6.52. The van der Waals surface area contributed by atoms with Crippen LogP contribution in [0, 0.1) is 0 Å². The SMILES string of the molecule is COC(=O)C1=C(CN2CCCCCC2)NC(=O)N[C@@H]1c1ccccc1. The summed E-state index contributed by atoms with van der Waals surface area (Å²) in [6, 6.07) is 8.73. The van der Waals surface area contributed by atoms with Gasteiger partial charge in [0.2, 0.25) is 0 Å². The van der Waals surface area contributed by atoms with Crippen molar-refractivity contribution >= 4 is 12.0 Å². The summed E-state index contributed by atoms with van der Waals surface area (Å²) in [6.07, 6.45) is 4.77. The molecule has 2 N–H and O–H groups in total. The summed E-state index contributed by atoms with van der Waals surface area (Å²) in [5.74, 6) is -0.411. The number of amides is 2. The number of hydrogen-bond donors (Lipinski definition) is 2. The van der Waals surface area contributed by atoms with Crippen molar-refractivity contribution in [2.75, 3.05) is 26.7 Å². The number of likely N-dealkylation sites (tertiary alicyclic amines) is 1. The molecule has 2 heterocycles. The zero-order valence-corrected chi connectivity index (χ0v) is 14.6. The highest BCUT2D eigenvalue weighted by molar-refractivity contribution is 5.95. The van der Waals surface area contributed by atoms with Crippen LogP contribution >= 0.6 is 0 Å². The number of methoxy groups -OCH3 is 1. The van der Waals surface area contributed by atoms with E-state index >= 15 is 0 Å². The molecule has 3 rings (SSSR count). The maximum absolute atomic E-state index is 12.5. The van der Waals surface area contributed by atoms with Crippen LogP contribution in [-0.2, 0) is 9.53 Å². The van der Waals surface area contributed by atoms with Crippen molar-refractivity contribution in [3.8, 4) is 0 Å². The Balaban J connectivity index is 1.94. The molecule has 1 aromatic carbocycles. The van der Waals surface area contributed by atoms with Crippen molar-refractivity contribution in [2.24, 2.45) is 0 Å². The fourth-order valence-corrected chi connectivity index (χ4v) is 3.51. The fraction of sp³-hybridized carbons (Fsp3) is 0.474. The van der Waals surface area contributed by atoms with Crippen LogP contribution in [0.1, 0.15) is 37.3 Å². The summed E-state index contributed by atoms with van der Waals surface area (Å²) in [6.45, 7) is 2.52. The van der Waals surface area contributed by atoms with Crippen LogP contribution in [0.25, 0.3) is 0 Å². The monoisotopic (exact) mass is 343 g/mol. The Hall–Kier alpha value is -2.34. The van der Waals surface area contributed by atoms with E-state index in [2.05, 4.69) is 15.5 Å². The Kier molecular flexibility index (Phi) is 5.71. The van der Waals surface area contributed by atoms with Gasteiger partial charge in [-0.15, -0.1) is 0 Å². The number of nitrogens with one attached hydrogen (secondary N) is 2. The van der Waals surface area contributed by atoms with E-state index in [1.165, 1.54) is 20.0 Å². The molecule has 1 fully saturated rings. The number of carbonyl (C=O) groups excluding carboxylic acids is 2. The summed E-state index contributed by atoms with van der Waals surface area (Å²) in [5, 5.41) is 5.69. The summed E-state index contributed by atoms with van der Waals surface area (Å²) >= 11 is 0. The van der Waals surface area contributed by atoms with Crippen LogP contribution < -0.4 is 10.6 Å². The molecule has 0 saturated carbocycles. The molecule has 2 aliphatic heterocycles. The number of hydrogen-bond acceptors (Lipinski definition) is 4. The Morgan fingerprint density at radius 2 is 1.84 bits per heavy atom. The largest absolute Gasteiger partial charge is 0.466 e. The molecule has 6 heteroatoms. The first-order valence-corrected chi connectivity index (χ1v) is 8.85. The Bertz CT molecular complexity index is 649. The lowest BCUT2D eigenvalue weighted by Gasteiger charge is -2.31. The lowest BCUT2D eigenvalue weighted by molar-refractivity contribution is -0.136. The van der Waals surface area contributed by atoms with E-state index in [1.54, 1.807) is 0 Å². The maximum Gasteiger partial charge on any atom is 0.338 e. The van der Waals surface area contributed by atoms with E-state index in [9.17, 15) is 9.59 Å². The molecule has 134 valence electrons. The summed E-state index contributed by atoms with van der Waals surface area (Å²) in [7, 11) is 1.37. The number of urea groups is 1. The lowest BCUT2D eigenvalue weighted by atomic mass is 9.95. The zero-order chi connectivity index (χ0) is 17.6. The summed E-state index contributed by atoms with van der Waals surface area (Å²) in [4.78, 5) is 27.0. The van der Waals surface area contributed by atoms with Gasteiger partial charge in [-0.3, -0.25) is 4.90 Å². The number of nitrogens with zero attached hydrogens (tertiary/aromatic N) is 1. The maximum atomic E-state index is 12.5. The topological polar surface area (TPSA) is 70.7 Å². The van der Waals surface area contributed by atoms with Crippen LogP contribution in [0.5, 0.6) is 0 Å². The van der Waals surface area contributed by atoms with Crippen molar-refractivity contribution < 1.29 is 14.3 Å². The molecular formula is C19H25N3O3. The summed E-state index contributed by atoms with van der Waals surface area (Å²) in [5.41, 5.74) is 2.00. The van der Waals surface area contributed by atoms with E-state index in [1.807, 2.05) is 30.3 Å². The first kappa shape index (κ1) is 17.5. The van der Waals surface area contributed by atoms with Crippen LogP contribution in [-0.4, -0.2) is 43.6 Å². The number of carbonyl (C=O) groups is 2. The molecule has 6 nitrogen and oxygen atoms in total. The average Bonchev–Trinajstić information content (AvgIpc) is 2.90. The minimum absolute atomic E-state index is 0.286. The minimum atomic E-state index is -0.496. The van der Waals surface area contributed by atoms with Gasteiger partial charge in [-0.2, -0.15) is 0 Å². The van der Waals surface area contributed by atoms with Crippen molar-refractivity contribution in [3.63, 3.8) is 0 Å². The lowest BCUT2D eigenvalue weighted by Crippen LogP contribution is -2.48. The van der Waals surface area contributed by atoms with Crippen LogP contribution in [0.15, 0.2) is 41.6 Å². The first-order chi connectivity index (χ1) is 12.2. The predicted molar refractivity (Wildman–Crippen MR) is 94.8 cm³/mol. The Labute approximate surface area is 148 Å². The van der Waals surface area contributed by atoms with Gasteiger partial charge in [0.15, 0.2) is 0 Å². The van der Waals surface area contributed by atoms with Gasteiger partial charge < -0.3 is 15.4 Å². The molecule has 2 aliphatic rings. The van der Waals surface area contributed by atoms with Gasteiger partial charge >= 0.3 is 12.0 Å². The van der Waals surface area contributed by atoms with Crippen molar-refractivity contribution in [1.82, 2.24) is 15.5 Å². The van der Waals surface area contributed by atoms with Crippen LogP contribution in [0.4, 0.5) is 4.79 Å². The summed E-state index contributed by atoms with van der Waals surface area (Å²) < 4.78 is 5.01. The van der Waals surface area contributed by atoms with Crippen molar-refractivity contribution in [1.29, 1.82) is 0 Å². The van der Waals surface area contributed by atoms with Gasteiger partial charge in [0, 0.05) is 12.2 Å². The highest BCUT2D eigenvalue weighted by atomic mass is 16.5. The minimum Gasteiger partial charge on any atom is -0.466 e. The second kappa shape index (κ2) is 8.16. The fourth-order valence-electron chi connectivity index (χ4n) is 3.51. The second-order valence-corrected chi connectivity index (χ2v) is 6.52. The molecule has 1 atom stereocenters. The highest BCUT2D eigenvalue weighted by Gasteiger charge is 2.33.